The van der Waals surface area contributed by atoms with Gasteiger partial charge < -0.3 is 15.0 Å². The fourth-order valence-electron chi connectivity index (χ4n) is 1.83. The number of carbonyl (C=O) groups is 1. The second-order valence-corrected chi connectivity index (χ2v) is 4.93. The molecule has 0 aliphatic carbocycles. The number of amides is 1. The molecule has 0 fully saturated rings. The summed E-state index contributed by atoms with van der Waals surface area (Å²) in [6.45, 7) is 3.50. The maximum Gasteiger partial charge on any atom is 0.268 e. The van der Waals surface area contributed by atoms with E-state index in [-0.39, 0.29) is 17.7 Å². The van der Waals surface area contributed by atoms with Gasteiger partial charge in [0.2, 0.25) is 0 Å². The minimum absolute atomic E-state index is 0.141. The number of nitrogens with zero attached hydrogens (tertiary/aromatic N) is 1. The van der Waals surface area contributed by atoms with E-state index in [1.165, 1.54) is 24.4 Å². The molecule has 1 amide bonds. The minimum atomic E-state index is -0.448. The van der Waals surface area contributed by atoms with Crippen LogP contribution < -0.4 is 10.1 Å². The lowest BCUT2D eigenvalue weighted by Gasteiger charge is -2.22. The van der Waals surface area contributed by atoms with E-state index in [1.54, 1.807) is 26.0 Å². The minimum Gasteiger partial charge on any atom is -0.486 e. The van der Waals surface area contributed by atoms with Gasteiger partial charge in [0.05, 0.1) is 11.6 Å². The number of para-hydroxylation sites is 1. The van der Waals surface area contributed by atoms with E-state index in [2.05, 4.69) is 10.3 Å². The molecule has 5 nitrogen and oxygen atoms in total. The van der Waals surface area contributed by atoms with Crippen molar-refractivity contribution < 1.29 is 13.9 Å². The fourth-order valence-corrected chi connectivity index (χ4v) is 1.83. The Bertz CT molecular complexity index is 705. The first kappa shape index (κ1) is 15.6. The van der Waals surface area contributed by atoms with E-state index >= 15 is 0 Å². The Labute approximate surface area is 127 Å². The predicted molar refractivity (Wildman–Crippen MR) is 78.9 cm³/mol. The van der Waals surface area contributed by atoms with Gasteiger partial charge >= 0.3 is 0 Å². The first-order valence-corrected chi connectivity index (χ1v) is 6.82. The predicted octanol–water partition coefficient (Wildman–Crippen LogP) is 2.61. The molecular weight excluding hydrogens is 285 g/mol. The lowest BCUT2D eigenvalue weighted by Crippen LogP contribution is -2.42. The van der Waals surface area contributed by atoms with E-state index in [0.717, 1.165) is 0 Å². The molecular formula is C16H16FN3O2. The summed E-state index contributed by atoms with van der Waals surface area (Å²) < 4.78 is 19.1. The lowest BCUT2D eigenvalue weighted by molar-refractivity contribution is 0.0887. The third kappa shape index (κ3) is 3.64. The first-order valence-electron chi connectivity index (χ1n) is 6.82. The Morgan fingerprint density at radius 2 is 2.14 bits per heavy atom. The average molecular weight is 301 g/mol. The molecule has 0 radical (unpaired) electrons. The number of ether oxygens (including phenoxy) is 1. The van der Waals surface area contributed by atoms with Crippen LogP contribution in [-0.2, 0) is 0 Å². The van der Waals surface area contributed by atoms with Crippen molar-refractivity contribution in [1.82, 2.24) is 10.3 Å². The Morgan fingerprint density at radius 3 is 2.77 bits per heavy atom. The molecule has 114 valence electrons. The topological polar surface area (TPSA) is 77.9 Å². The molecule has 2 rings (SSSR count). The molecule has 0 bridgehead atoms. The van der Waals surface area contributed by atoms with Gasteiger partial charge in [-0.15, -0.1) is 0 Å². The zero-order valence-corrected chi connectivity index (χ0v) is 12.3. The van der Waals surface area contributed by atoms with Crippen molar-refractivity contribution in [2.45, 2.75) is 26.0 Å². The van der Waals surface area contributed by atoms with Gasteiger partial charge in [-0.1, -0.05) is 12.1 Å². The summed E-state index contributed by atoms with van der Waals surface area (Å²) in [5, 5.41) is 11.5. The van der Waals surface area contributed by atoms with Crippen LogP contribution in [0.15, 0.2) is 36.5 Å². The summed E-state index contributed by atoms with van der Waals surface area (Å²) in [4.78, 5) is 14.8. The van der Waals surface area contributed by atoms with Crippen molar-refractivity contribution in [3.05, 3.63) is 53.6 Å². The van der Waals surface area contributed by atoms with Crippen molar-refractivity contribution in [2.24, 2.45) is 0 Å². The van der Waals surface area contributed by atoms with E-state index in [0.29, 0.717) is 11.3 Å². The van der Waals surface area contributed by atoms with Crippen LogP contribution in [0.5, 0.6) is 5.75 Å². The summed E-state index contributed by atoms with van der Waals surface area (Å²) in [5.74, 6) is -0.656. The van der Waals surface area contributed by atoms with E-state index < -0.39 is 11.9 Å². The van der Waals surface area contributed by atoms with Crippen molar-refractivity contribution in [3.63, 3.8) is 0 Å². The van der Waals surface area contributed by atoms with Crippen LogP contribution in [-0.4, -0.2) is 23.0 Å². The van der Waals surface area contributed by atoms with Crippen LogP contribution in [0.25, 0.3) is 0 Å². The molecule has 0 unspecified atom stereocenters. The van der Waals surface area contributed by atoms with E-state index in [1.807, 2.05) is 6.07 Å². The molecule has 0 spiro atoms. The second kappa shape index (κ2) is 6.76. The highest BCUT2D eigenvalue weighted by Crippen LogP contribution is 2.18. The average Bonchev–Trinajstić information content (AvgIpc) is 2.98. The smallest absolute Gasteiger partial charge is 0.268 e. The molecule has 2 N–H and O–H groups in total. The van der Waals surface area contributed by atoms with Gasteiger partial charge in [-0.05, 0) is 32.0 Å². The molecule has 1 aromatic carbocycles. The zero-order chi connectivity index (χ0) is 16.1. The number of aromatic nitrogens is 1. The number of nitriles is 1. The number of benzene rings is 1. The highest BCUT2D eigenvalue weighted by molar-refractivity contribution is 5.93. The summed E-state index contributed by atoms with van der Waals surface area (Å²) in [6, 6.07) is 9.16. The Kier molecular flexibility index (Phi) is 4.79. The Hall–Kier alpha value is -2.81. The number of nitrogens with one attached hydrogen (secondary N) is 2. The number of H-pyrrole nitrogens is 1. The molecule has 22 heavy (non-hydrogen) atoms. The van der Waals surface area contributed by atoms with Gasteiger partial charge in [-0.3, -0.25) is 4.79 Å². The molecule has 0 saturated heterocycles. The molecule has 2 atom stereocenters. The van der Waals surface area contributed by atoms with Gasteiger partial charge in [0, 0.05) is 6.20 Å². The third-order valence-corrected chi connectivity index (χ3v) is 3.27. The van der Waals surface area contributed by atoms with Crippen LogP contribution in [0.1, 0.15) is 29.9 Å². The molecule has 0 aliphatic rings. The van der Waals surface area contributed by atoms with Crippen LogP contribution in [0.3, 0.4) is 0 Å². The largest absolute Gasteiger partial charge is 0.486 e. The molecule has 0 aliphatic heterocycles. The maximum atomic E-state index is 13.5. The van der Waals surface area contributed by atoms with Crippen molar-refractivity contribution in [1.29, 1.82) is 5.26 Å². The number of hydrogen-bond acceptors (Lipinski definition) is 3. The normalized spacial score (nSPS) is 13.0. The molecule has 1 heterocycles. The standard InChI is InChI=1S/C16H16FN3O2/c1-10(11(2)22-15-6-4-3-5-13(15)17)20-16(21)14-7-12(8-18)9-19-14/h3-7,9-11,19H,1-2H3,(H,20,21)/t10-,11-/m1/s1. The number of rotatable bonds is 5. The van der Waals surface area contributed by atoms with Crippen molar-refractivity contribution in [2.75, 3.05) is 0 Å². The summed E-state index contributed by atoms with van der Waals surface area (Å²) in [7, 11) is 0. The lowest BCUT2D eigenvalue weighted by atomic mass is 10.2. The maximum absolute atomic E-state index is 13.5. The van der Waals surface area contributed by atoms with Crippen molar-refractivity contribution >= 4 is 5.91 Å². The van der Waals surface area contributed by atoms with Crippen LogP contribution in [0.4, 0.5) is 4.39 Å². The highest BCUT2D eigenvalue weighted by Gasteiger charge is 2.19. The zero-order valence-electron chi connectivity index (χ0n) is 12.3. The number of aromatic amines is 1. The Balaban J connectivity index is 1.96. The summed E-state index contributed by atoms with van der Waals surface area (Å²) >= 11 is 0. The third-order valence-electron chi connectivity index (χ3n) is 3.27. The number of halogens is 1. The van der Waals surface area contributed by atoms with E-state index in [9.17, 15) is 9.18 Å². The van der Waals surface area contributed by atoms with Gasteiger partial charge in [0.1, 0.15) is 17.9 Å². The van der Waals surface area contributed by atoms with E-state index in [4.69, 9.17) is 10.00 Å². The van der Waals surface area contributed by atoms with Gasteiger partial charge in [-0.25, -0.2) is 4.39 Å². The van der Waals surface area contributed by atoms with Gasteiger partial charge in [0.15, 0.2) is 11.6 Å². The fraction of sp³-hybridized carbons (Fsp3) is 0.250. The molecule has 6 heteroatoms. The highest BCUT2D eigenvalue weighted by atomic mass is 19.1. The summed E-state index contributed by atoms with van der Waals surface area (Å²) in [5.41, 5.74) is 0.676. The number of hydrogen-bond donors (Lipinski definition) is 2. The monoisotopic (exact) mass is 301 g/mol. The molecule has 1 aromatic heterocycles. The number of carbonyl (C=O) groups excluding carboxylic acids is 1. The Morgan fingerprint density at radius 1 is 1.41 bits per heavy atom. The van der Waals surface area contributed by atoms with Gasteiger partial charge in [-0.2, -0.15) is 5.26 Å². The molecule has 0 saturated carbocycles. The van der Waals surface area contributed by atoms with Crippen molar-refractivity contribution in [3.8, 4) is 11.8 Å². The SMILES string of the molecule is C[C@@H](NC(=O)c1cc(C#N)c[nH]1)[C@@H](C)Oc1ccccc1F. The first-order chi connectivity index (χ1) is 10.5. The second-order valence-electron chi connectivity index (χ2n) is 4.93. The quantitative estimate of drug-likeness (QED) is 0.891. The van der Waals surface area contributed by atoms with Crippen LogP contribution >= 0.6 is 0 Å². The molecule has 2 aromatic rings. The summed E-state index contributed by atoms with van der Waals surface area (Å²) in [6.07, 6.45) is 1.03. The van der Waals surface area contributed by atoms with Gasteiger partial charge in [0.25, 0.3) is 5.91 Å². The van der Waals surface area contributed by atoms with Crippen LogP contribution in [0, 0.1) is 17.1 Å². The van der Waals surface area contributed by atoms with Crippen LogP contribution in [0.2, 0.25) is 0 Å².